The van der Waals surface area contributed by atoms with Crippen molar-refractivity contribution in [2.45, 2.75) is 51.1 Å². The molecule has 1 aliphatic rings. The number of thioether (sulfide) groups is 1. The smallest absolute Gasteiger partial charge is 0.407 e. The Balaban J connectivity index is 1.65. The first-order valence-corrected chi connectivity index (χ1v) is 13.3. The molecule has 1 unspecified atom stereocenters. The van der Waals surface area contributed by atoms with E-state index < -0.39 is 30.1 Å². The number of aliphatic carboxylic acids is 1. The summed E-state index contributed by atoms with van der Waals surface area (Å²) in [6.45, 7) is 4.20. The number of carboxylic acids is 1. The third kappa shape index (κ3) is 7.01. The maximum Gasteiger partial charge on any atom is 0.407 e. The number of fused-ring (bicyclic) bond motifs is 3. The zero-order valence-corrected chi connectivity index (χ0v) is 21.3. The van der Waals surface area contributed by atoms with Gasteiger partial charge in [0.15, 0.2) is 0 Å². The van der Waals surface area contributed by atoms with E-state index in [4.69, 9.17) is 4.74 Å². The van der Waals surface area contributed by atoms with E-state index in [1.807, 2.05) is 56.5 Å². The Kier molecular flexibility index (Phi) is 9.60. The van der Waals surface area contributed by atoms with E-state index >= 15 is 0 Å². The lowest BCUT2D eigenvalue weighted by Gasteiger charge is -2.22. The number of alkyl carbamates (subject to hydrolysis) is 1. The highest BCUT2D eigenvalue weighted by molar-refractivity contribution is 7.98. The second kappa shape index (κ2) is 12.6. The van der Waals surface area contributed by atoms with Gasteiger partial charge in [-0.3, -0.25) is 4.79 Å². The van der Waals surface area contributed by atoms with E-state index in [9.17, 15) is 19.5 Å². The van der Waals surface area contributed by atoms with Crippen molar-refractivity contribution >= 4 is 29.7 Å². The predicted molar refractivity (Wildman–Crippen MR) is 139 cm³/mol. The Morgan fingerprint density at radius 3 is 2.06 bits per heavy atom. The van der Waals surface area contributed by atoms with Crippen LogP contribution in [0.1, 0.15) is 50.2 Å². The fourth-order valence-electron chi connectivity index (χ4n) is 4.32. The quantitative estimate of drug-likeness (QED) is 0.393. The van der Waals surface area contributed by atoms with E-state index in [-0.39, 0.29) is 12.5 Å². The molecule has 0 spiro atoms. The monoisotopic (exact) mass is 498 g/mol. The summed E-state index contributed by atoms with van der Waals surface area (Å²) in [6, 6.07) is 14.3. The summed E-state index contributed by atoms with van der Waals surface area (Å²) in [7, 11) is 0. The molecule has 0 bridgehead atoms. The molecule has 0 saturated heterocycles. The summed E-state index contributed by atoms with van der Waals surface area (Å²) < 4.78 is 5.59. The van der Waals surface area contributed by atoms with Crippen molar-refractivity contribution < 1.29 is 24.2 Å². The van der Waals surface area contributed by atoms with Gasteiger partial charge in [0.2, 0.25) is 5.91 Å². The zero-order chi connectivity index (χ0) is 25.4. The van der Waals surface area contributed by atoms with Gasteiger partial charge in [0.1, 0.15) is 18.7 Å². The Labute approximate surface area is 211 Å². The maximum atomic E-state index is 12.9. The van der Waals surface area contributed by atoms with Crippen molar-refractivity contribution in [3.8, 4) is 11.1 Å². The van der Waals surface area contributed by atoms with Crippen LogP contribution in [-0.4, -0.2) is 53.8 Å². The minimum Gasteiger partial charge on any atom is -0.480 e. The van der Waals surface area contributed by atoms with Crippen LogP contribution >= 0.6 is 11.8 Å². The molecular formula is C27H34N2O5S. The second-order valence-corrected chi connectivity index (χ2v) is 10.2. The highest BCUT2D eigenvalue weighted by atomic mass is 32.2. The molecule has 1 aliphatic carbocycles. The van der Waals surface area contributed by atoms with Gasteiger partial charge in [-0.25, -0.2) is 9.59 Å². The number of hydrogen-bond acceptors (Lipinski definition) is 5. The molecule has 3 rings (SSSR count). The van der Waals surface area contributed by atoms with Crippen LogP contribution in [0.25, 0.3) is 11.1 Å². The number of benzene rings is 2. The second-order valence-electron chi connectivity index (χ2n) is 9.17. The third-order valence-electron chi connectivity index (χ3n) is 6.21. The molecule has 3 N–H and O–H groups in total. The molecule has 188 valence electrons. The van der Waals surface area contributed by atoms with E-state index in [0.29, 0.717) is 30.9 Å². The summed E-state index contributed by atoms with van der Waals surface area (Å²) in [6.07, 6.45) is 2.59. The molecule has 0 saturated carbocycles. The fraction of sp³-hybridized carbons (Fsp3) is 0.444. The van der Waals surface area contributed by atoms with E-state index in [2.05, 4.69) is 22.8 Å². The van der Waals surface area contributed by atoms with Gasteiger partial charge in [0.25, 0.3) is 0 Å². The number of carboxylic acid groups (broad SMARTS) is 1. The van der Waals surface area contributed by atoms with Crippen molar-refractivity contribution in [3.05, 3.63) is 59.7 Å². The Morgan fingerprint density at radius 1 is 0.914 bits per heavy atom. The average molecular weight is 499 g/mol. The molecule has 35 heavy (non-hydrogen) atoms. The summed E-state index contributed by atoms with van der Waals surface area (Å²) >= 11 is 1.51. The van der Waals surface area contributed by atoms with Crippen molar-refractivity contribution in [1.29, 1.82) is 0 Å². The lowest BCUT2D eigenvalue weighted by atomic mass is 9.98. The molecule has 8 heteroatoms. The van der Waals surface area contributed by atoms with Crippen LogP contribution in [0, 0.1) is 5.92 Å². The minimum absolute atomic E-state index is 0.0842. The predicted octanol–water partition coefficient (Wildman–Crippen LogP) is 4.65. The molecule has 0 aromatic heterocycles. The van der Waals surface area contributed by atoms with Gasteiger partial charge in [-0.1, -0.05) is 62.4 Å². The van der Waals surface area contributed by atoms with Gasteiger partial charge >= 0.3 is 12.1 Å². The van der Waals surface area contributed by atoms with Crippen LogP contribution in [0.2, 0.25) is 0 Å². The van der Waals surface area contributed by atoms with Crippen molar-refractivity contribution in [3.63, 3.8) is 0 Å². The van der Waals surface area contributed by atoms with Gasteiger partial charge in [0, 0.05) is 5.92 Å². The summed E-state index contributed by atoms with van der Waals surface area (Å²) in [5, 5.41) is 14.7. The molecule has 0 radical (unpaired) electrons. The van der Waals surface area contributed by atoms with Crippen LogP contribution in [0.3, 0.4) is 0 Å². The number of carbonyl (C=O) groups is 3. The van der Waals surface area contributed by atoms with Gasteiger partial charge in [-0.2, -0.15) is 11.8 Å². The Morgan fingerprint density at radius 2 is 1.51 bits per heavy atom. The van der Waals surface area contributed by atoms with Crippen molar-refractivity contribution in [2.75, 3.05) is 18.6 Å². The minimum atomic E-state index is -1.09. The topological polar surface area (TPSA) is 105 Å². The van der Waals surface area contributed by atoms with Crippen molar-refractivity contribution in [1.82, 2.24) is 10.6 Å². The number of amides is 2. The number of rotatable bonds is 12. The molecule has 0 aliphatic heterocycles. The van der Waals surface area contributed by atoms with Gasteiger partial charge in [0.05, 0.1) is 0 Å². The molecule has 2 aromatic carbocycles. The molecule has 0 heterocycles. The lowest BCUT2D eigenvalue weighted by molar-refractivity contribution is -0.142. The van der Waals surface area contributed by atoms with Crippen LogP contribution < -0.4 is 10.6 Å². The molecule has 0 fully saturated rings. The largest absolute Gasteiger partial charge is 0.480 e. The zero-order valence-electron chi connectivity index (χ0n) is 20.5. The highest BCUT2D eigenvalue weighted by Gasteiger charge is 2.30. The van der Waals surface area contributed by atoms with Gasteiger partial charge in [-0.05, 0) is 59.4 Å². The standard InChI is InChI=1S/C27H34N2O5S/c1-17(2)12-13-23(25(30)28-24(26(31)32)14-15-35-3)29-27(33)34-16-22-20-10-6-4-8-18(20)19-9-5-7-11-21(19)22/h4-11,17,22-24H,12-16H2,1-3H3,(H,28,30)(H,29,33)(H,31,32)/t23?,24-/m1/s1. The van der Waals surface area contributed by atoms with E-state index in [1.165, 1.54) is 11.8 Å². The molecule has 7 nitrogen and oxygen atoms in total. The van der Waals surface area contributed by atoms with Crippen molar-refractivity contribution in [2.24, 2.45) is 5.92 Å². The SMILES string of the molecule is CSCC[C@@H](NC(=O)C(CCC(C)C)NC(=O)OCC1c2ccccc2-c2ccccc21)C(=O)O. The summed E-state index contributed by atoms with van der Waals surface area (Å²) in [5.74, 6) is -0.752. The number of carbonyl (C=O) groups excluding carboxylic acids is 2. The van der Waals surface area contributed by atoms with Crippen LogP contribution in [0.5, 0.6) is 0 Å². The Bertz CT molecular complexity index is 996. The normalized spacial score (nSPS) is 14.1. The lowest BCUT2D eigenvalue weighted by Crippen LogP contribution is -2.52. The molecule has 2 atom stereocenters. The van der Waals surface area contributed by atoms with E-state index in [0.717, 1.165) is 22.3 Å². The van der Waals surface area contributed by atoms with Gasteiger partial charge in [-0.15, -0.1) is 0 Å². The first-order chi connectivity index (χ1) is 16.8. The van der Waals surface area contributed by atoms with Crippen LogP contribution in [0.4, 0.5) is 4.79 Å². The van der Waals surface area contributed by atoms with Crippen LogP contribution in [0.15, 0.2) is 48.5 Å². The number of ether oxygens (including phenoxy) is 1. The highest BCUT2D eigenvalue weighted by Crippen LogP contribution is 2.44. The Hall–Kier alpha value is -3.00. The summed E-state index contributed by atoms with van der Waals surface area (Å²) in [4.78, 5) is 37.2. The number of hydrogen-bond donors (Lipinski definition) is 3. The van der Waals surface area contributed by atoms with Gasteiger partial charge < -0.3 is 20.5 Å². The third-order valence-corrected chi connectivity index (χ3v) is 6.85. The average Bonchev–Trinajstić information content (AvgIpc) is 3.16. The first kappa shape index (κ1) is 26.6. The van der Waals surface area contributed by atoms with E-state index in [1.54, 1.807) is 0 Å². The maximum absolute atomic E-state index is 12.9. The number of nitrogens with one attached hydrogen (secondary N) is 2. The summed E-state index contributed by atoms with van der Waals surface area (Å²) in [5.41, 5.74) is 4.48. The molecule has 2 aromatic rings. The van der Waals surface area contributed by atoms with Crippen LogP contribution in [-0.2, 0) is 14.3 Å². The fourth-order valence-corrected chi connectivity index (χ4v) is 4.79. The molecule has 2 amide bonds. The first-order valence-electron chi connectivity index (χ1n) is 12.0. The molecular weight excluding hydrogens is 464 g/mol.